The summed E-state index contributed by atoms with van der Waals surface area (Å²) in [6.45, 7) is 2.41. The molecule has 0 radical (unpaired) electrons. The van der Waals surface area contributed by atoms with Crippen LogP contribution in [0.15, 0.2) is 24.5 Å². The first-order valence-electron chi connectivity index (χ1n) is 8.36. The Kier molecular flexibility index (Phi) is 5.78. The smallest absolute Gasteiger partial charge is 0.317 e. The van der Waals surface area contributed by atoms with Crippen molar-refractivity contribution in [3.63, 3.8) is 0 Å². The molecule has 0 aliphatic carbocycles. The highest BCUT2D eigenvalue weighted by molar-refractivity contribution is 7.99. The summed E-state index contributed by atoms with van der Waals surface area (Å²) >= 11 is 1.91. The van der Waals surface area contributed by atoms with Crippen molar-refractivity contribution in [2.45, 2.75) is 43.1 Å². The molecule has 3 rings (SSSR count). The van der Waals surface area contributed by atoms with E-state index in [1.54, 1.807) is 6.20 Å². The number of amides is 2. The average molecular weight is 335 g/mol. The molecule has 1 aromatic rings. The maximum Gasteiger partial charge on any atom is 0.317 e. The summed E-state index contributed by atoms with van der Waals surface area (Å²) in [7, 11) is 0. The molecule has 1 N–H and O–H groups in total. The Morgan fingerprint density at radius 3 is 2.91 bits per heavy atom. The zero-order valence-corrected chi connectivity index (χ0v) is 14.4. The second kappa shape index (κ2) is 8.02. The first kappa shape index (κ1) is 16.6. The van der Waals surface area contributed by atoms with Gasteiger partial charge in [-0.25, -0.2) is 4.79 Å². The quantitative estimate of drug-likeness (QED) is 0.923. The molecular weight excluding hydrogens is 310 g/mol. The van der Waals surface area contributed by atoms with Gasteiger partial charge in [0.25, 0.3) is 0 Å². The summed E-state index contributed by atoms with van der Waals surface area (Å²) < 4.78 is 5.84. The zero-order valence-electron chi connectivity index (χ0n) is 13.6. The normalized spacial score (nSPS) is 26.0. The van der Waals surface area contributed by atoms with Gasteiger partial charge in [-0.1, -0.05) is 6.07 Å². The highest BCUT2D eigenvalue weighted by Gasteiger charge is 2.28. The van der Waals surface area contributed by atoms with Crippen LogP contribution in [0, 0.1) is 0 Å². The number of nitrogens with one attached hydrogen (secondary N) is 1. The summed E-state index contributed by atoms with van der Waals surface area (Å²) in [6.07, 6.45) is 9.70. The van der Waals surface area contributed by atoms with E-state index >= 15 is 0 Å². The number of likely N-dealkylation sites (tertiary alicyclic amines) is 1. The maximum atomic E-state index is 12.5. The van der Waals surface area contributed by atoms with E-state index in [4.69, 9.17) is 4.74 Å². The number of urea groups is 1. The number of pyridine rings is 1. The molecular formula is C17H25N3O2S. The van der Waals surface area contributed by atoms with Crippen LogP contribution < -0.4 is 5.32 Å². The number of piperidine rings is 1. The van der Waals surface area contributed by atoms with Crippen molar-refractivity contribution >= 4 is 17.8 Å². The minimum Gasteiger partial charge on any atom is -0.373 e. The molecule has 0 saturated carbocycles. The number of hydrogen-bond acceptors (Lipinski definition) is 4. The monoisotopic (exact) mass is 335 g/mol. The zero-order chi connectivity index (χ0) is 16.1. The number of thioether (sulfide) groups is 1. The number of aromatic nitrogens is 1. The summed E-state index contributed by atoms with van der Waals surface area (Å²) in [5.41, 5.74) is 1.09. The molecule has 1 aromatic heterocycles. The highest BCUT2D eigenvalue weighted by atomic mass is 32.2. The van der Waals surface area contributed by atoms with Crippen molar-refractivity contribution in [3.8, 4) is 0 Å². The van der Waals surface area contributed by atoms with Crippen molar-refractivity contribution in [2.75, 3.05) is 26.0 Å². The van der Waals surface area contributed by atoms with Gasteiger partial charge in [0, 0.05) is 43.4 Å². The number of carbonyl (C=O) groups is 1. The lowest BCUT2D eigenvalue weighted by molar-refractivity contribution is 0.00120. The lowest BCUT2D eigenvalue weighted by atomic mass is 9.98. The topological polar surface area (TPSA) is 54.5 Å². The van der Waals surface area contributed by atoms with Crippen LogP contribution in [0.3, 0.4) is 0 Å². The Hall–Kier alpha value is -1.27. The largest absolute Gasteiger partial charge is 0.373 e. The number of hydrogen-bond donors (Lipinski definition) is 1. The third kappa shape index (κ3) is 4.38. The van der Waals surface area contributed by atoms with E-state index in [-0.39, 0.29) is 18.2 Å². The Balaban J connectivity index is 1.51. The third-order valence-electron chi connectivity index (χ3n) is 4.73. The summed E-state index contributed by atoms with van der Waals surface area (Å²) in [6, 6.07) is 4.23. The highest BCUT2D eigenvalue weighted by Crippen LogP contribution is 2.28. The van der Waals surface area contributed by atoms with Crippen molar-refractivity contribution in [3.05, 3.63) is 30.1 Å². The van der Waals surface area contributed by atoms with Gasteiger partial charge in [-0.05, 0) is 43.6 Å². The number of ether oxygens (including phenoxy) is 1. The third-order valence-corrected chi connectivity index (χ3v) is 5.87. The Bertz CT molecular complexity index is 506. The minimum absolute atomic E-state index is 0.0324. The molecule has 2 fully saturated rings. The molecule has 2 aliphatic rings. The molecule has 0 spiro atoms. The van der Waals surface area contributed by atoms with Gasteiger partial charge in [0.2, 0.25) is 0 Å². The van der Waals surface area contributed by atoms with Gasteiger partial charge >= 0.3 is 6.03 Å². The van der Waals surface area contributed by atoms with Crippen LogP contribution >= 0.6 is 11.8 Å². The van der Waals surface area contributed by atoms with Crippen molar-refractivity contribution < 1.29 is 9.53 Å². The van der Waals surface area contributed by atoms with Crippen LogP contribution in [0.5, 0.6) is 0 Å². The maximum absolute atomic E-state index is 12.5. The van der Waals surface area contributed by atoms with Crippen LogP contribution in [0.1, 0.15) is 37.4 Å². The molecule has 0 bridgehead atoms. The van der Waals surface area contributed by atoms with E-state index in [0.29, 0.717) is 11.9 Å². The second-order valence-corrected chi connectivity index (χ2v) is 7.38. The fraction of sp³-hybridized carbons (Fsp3) is 0.647. The molecule has 23 heavy (non-hydrogen) atoms. The first-order valence-corrected chi connectivity index (χ1v) is 9.65. The number of carbonyl (C=O) groups excluding carboxylic acids is 1. The minimum atomic E-state index is 0.0324. The van der Waals surface area contributed by atoms with Crippen LogP contribution in [-0.2, 0) is 4.74 Å². The standard InChI is InChI=1S/C17H25N3O2S/c1-23-15-4-8-20(9-5-15)17(21)19-14-6-10-22-16(11-14)13-3-2-7-18-12-13/h2-3,7,12,14-16H,4-6,8-11H2,1H3,(H,19,21)/t14-,16-/m1/s1. The molecule has 0 unspecified atom stereocenters. The number of nitrogens with zero attached hydrogens (tertiary/aromatic N) is 2. The summed E-state index contributed by atoms with van der Waals surface area (Å²) in [5, 5.41) is 3.91. The first-order chi connectivity index (χ1) is 11.3. The molecule has 2 atom stereocenters. The van der Waals surface area contributed by atoms with E-state index in [0.717, 1.165) is 44.3 Å². The number of rotatable bonds is 3. The fourth-order valence-electron chi connectivity index (χ4n) is 3.29. The predicted molar refractivity (Wildman–Crippen MR) is 92.6 cm³/mol. The van der Waals surface area contributed by atoms with Gasteiger partial charge in [-0.15, -0.1) is 0 Å². The molecule has 0 aromatic carbocycles. The van der Waals surface area contributed by atoms with Crippen LogP contribution in [0.2, 0.25) is 0 Å². The molecule has 5 nitrogen and oxygen atoms in total. The molecule has 2 aliphatic heterocycles. The van der Waals surface area contributed by atoms with E-state index in [1.807, 2.05) is 35.0 Å². The van der Waals surface area contributed by atoms with Crippen molar-refractivity contribution in [1.29, 1.82) is 0 Å². The van der Waals surface area contributed by atoms with Crippen LogP contribution in [-0.4, -0.2) is 53.2 Å². The van der Waals surface area contributed by atoms with E-state index < -0.39 is 0 Å². The van der Waals surface area contributed by atoms with Gasteiger partial charge in [0.15, 0.2) is 0 Å². The van der Waals surface area contributed by atoms with Crippen LogP contribution in [0.4, 0.5) is 4.79 Å². The summed E-state index contributed by atoms with van der Waals surface area (Å²) in [5.74, 6) is 0. The Morgan fingerprint density at radius 1 is 1.39 bits per heavy atom. The Labute approximate surface area is 142 Å². The fourth-order valence-corrected chi connectivity index (χ4v) is 3.97. The van der Waals surface area contributed by atoms with E-state index in [2.05, 4.69) is 16.6 Å². The van der Waals surface area contributed by atoms with Gasteiger partial charge < -0.3 is 15.0 Å². The molecule has 6 heteroatoms. The molecule has 3 heterocycles. The van der Waals surface area contributed by atoms with Gasteiger partial charge in [-0.2, -0.15) is 11.8 Å². The van der Waals surface area contributed by atoms with Gasteiger partial charge in [0.1, 0.15) is 0 Å². The molecule has 2 saturated heterocycles. The lowest BCUT2D eigenvalue weighted by Gasteiger charge is -2.35. The van der Waals surface area contributed by atoms with E-state index in [9.17, 15) is 4.79 Å². The van der Waals surface area contributed by atoms with Crippen molar-refractivity contribution in [2.24, 2.45) is 0 Å². The van der Waals surface area contributed by atoms with Gasteiger partial charge in [0.05, 0.1) is 6.10 Å². The van der Waals surface area contributed by atoms with Crippen molar-refractivity contribution in [1.82, 2.24) is 15.2 Å². The Morgan fingerprint density at radius 2 is 2.22 bits per heavy atom. The van der Waals surface area contributed by atoms with Gasteiger partial charge in [-0.3, -0.25) is 4.98 Å². The summed E-state index contributed by atoms with van der Waals surface area (Å²) in [4.78, 5) is 18.6. The molecule has 2 amide bonds. The van der Waals surface area contributed by atoms with Crippen LogP contribution in [0.25, 0.3) is 0 Å². The molecule has 126 valence electrons. The SMILES string of the molecule is CSC1CCN(C(=O)N[C@@H]2CCO[C@@H](c3cccnc3)C2)CC1. The lowest BCUT2D eigenvalue weighted by Crippen LogP contribution is -2.49. The average Bonchev–Trinajstić information content (AvgIpc) is 2.63. The predicted octanol–water partition coefficient (Wildman–Crippen LogP) is 2.84. The van der Waals surface area contributed by atoms with E-state index in [1.165, 1.54) is 0 Å². The second-order valence-electron chi connectivity index (χ2n) is 6.24.